The summed E-state index contributed by atoms with van der Waals surface area (Å²) in [7, 11) is 2.12. The maximum Gasteiger partial charge on any atom is 0.148 e. The predicted octanol–water partition coefficient (Wildman–Crippen LogP) is 2.76. The molecule has 0 aromatic carbocycles. The summed E-state index contributed by atoms with van der Waals surface area (Å²) in [6, 6.07) is 0.660. The highest BCUT2D eigenvalue weighted by Crippen LogP contribution is 2.42. The molecule has 0 radical (unpaired) electrons. The minimum atomic E-state index is 0.600. The molecule has 0 atom stereocenters. The number of nitrogens with two attached hydrogens (primary N) is 1. The molecule has 1 fully saturated rings. The summed E-state index contributed by atoms with van der Waals surface area (Å²) in [5, 5.41) is 4.26. The topological polar surface area (TPSA) is 55.0 Å². The van der Waals surface area contributed by atoms with Gasteiger partial charge in [-0.3, -0.25) is 0 Å². The number of hydrogen-bond acceptors (Lipinski definition) is 6. The van der Waals surface area contributed by atoms with Gasteiger partial charge < -0.3 is 10.6 Å². The van der Waals surface area contributed by atoms with Gasteiger partial charge in [-0.25, -0.2) is 4.98 Å². The van der Waals surface area contributed by atoms with E-state index in [9.17, 15) is 0 Å². The molecule has 17 heavy (non-hydrogen) atoms. The highest BCUT2D eigenvalue weighted by Gasteiger charge is 2.30. The zero-order valence-electron chi connectivity index (χ0n) is 9.80. The molecule has 2 aromatic heterocycles. The smallest absolute Gasteiger partial charge is 0.148 e. The van der Waals surface area contributed by atoms with Gasteiger partial charge in [-0.2, -0.15) is 4.37 Å². The third-order valence-electron chi connectivity index (χ3n) is 2.99. The number of hydrogen-bond donors (Lipinski definition) is 1. The molecule has 0 aliphatic heterocycles. The quantitative estimate of drug-likeness (QED) is 0.928. The van der Waals surface area contributed by atoms with Crippen molar-refractivity contribution in [3.63, 3.8) is 0 Å². The van der Waals surface area contributed by atoms with Crippen molar-refractivity contribution >= 4 is 33.7 Å². The number of nitrogen functional groups attached to an aromatic ring is 1. The van der Waals surface area contributed by atoms with Crippen LogP contribution in [0.25, 0.3) is 11.3 Å². The van der Waals surface area contributed by atoms with Gasteiger partial charge in [-0.15, -0.1) is 11.3 Å². The van der Waals surface area contributed by atoms with Gasteiger partial charge in [0.2, 0.25) is 0 Å². The number of rotatable bonds is 3. The van der Waals surface area contributed by atoms with Crippen molar-refractivity contribution in [1.29, 1.82) is 0 Å². The van der Waals surface area contributed by atoms with Crippen LogP contribution in [0.5, 0.6) is 0 Å². The van der Waals surface area contributed by atoms with Crippen molar-refractivity contribution in [1.82, 2.24) is 9.36 Å². The summed E-state index contributed by atoms with van der Waals surface area (Å²) >= 11 is 3.12. The fourth-order valence-electron chi connectivity index (χ4n) is 1.88. The zero-order valence-corrected chi connectivity index (χ0v) is 11.4. The van der Waals surface area contributed by atoms with Gasteiger partial charge in [0.25, 0.3) is 0 Å². The van der Waals surface area contributed by atoms with Gasteiger partial charge in [0, 0.05) is 18.5 Å². The maximum atomic E-state index is 5.98. The highest BCUT2D eigenvalue weighted by atomic mass is 32.1. The molecule has 3 rings (SSSR count). The van der Waals surface area contributed by atoms with E-state index >= 15 is 0 Å². The van der Waals surface area contributed by atoms with Crippen LogP contribution < -0.4 is 10.6 Å². The average Bonchev–Trinajstić information content (AvgIpc) is 2.96. The van der Waals surface area contributed by atoms with Crippen LogP contribution in [0.3, 0.4) is 0 Å². The van der Waals surface area contributed by atoms with Crippen LogP contribution in [0, 0.1) is 6.92 Å². The maximum absolute atomic E-state index is 5.98. The van der Waals surface area contributed by atoms with Crippen molar-refractivity contribution in [2.75, 3.05) is 17.7 Å². The second-order valence-electron chi connectivity index (χ2n) is 4.34. The summed E-state index contributed by atoms with van der Waals surface area (Å²) in [5.74, 6) is 0.600. The van der Waals surface area contributed by atoms with E-state index in [4.69, 9.17) is 5.73 Å². The molecular weight excluding hydrogens is 252 g/mol. The molecule has 2 aromatic rings. The van der Waals surface area contributed by atoms with E-state index in [0.717, 1.165) is 21.3 Å². The lowest BCUT2D eigenvalue weighted by Crippen LogP contribution is -2.18. The minimum absolute atomic E-state index is 0.600. The minimum Gasteiger partial charge on any atom is -0.382 e. The highest BCUT2D eigenvalue weighted by molar-refractivity contribution is 7.11. The number of anilines is 2. The van der Waals surface area contributed by atoms with Crippen molar-refractivity contribution in [3.05, 3.63) is 10.4 Å². The molecule has 1 saturated carbocycles. The van der Waals surface area contributed by atoms with Crippen molar-refractivity contribution < 1.29 is 0 Å². The summed E-state index contributed by atoms with van der Waals surface area (Å²) in [6.07, 6.45) is 2.54. The SMILES string of the molecule is Cc1nc(-c2c(N)nsc2N(C)C2CC2)cs1. The lowest BCUT2D eigenvalue weighted by Gasteiger charge is -2.17. The van der Waals surface area contributed by atoms with E-state index in [1.165, 1.54) is 24.4 Å². The fraction of sp³-hybridized carbons (Fsp3) is 0.455. The van der Waals surface area contributed by atoms with Crippen LogP contribution in [-0.2, 0) is 0 Å². The van der Waals surface area contributed by atoms with Crippen molar-refractivity contribution in [2.45, 2.75) is 25.8 Å². The Morgan fingerprint density at radius 3 is 2.82 bits per heavy atom. The Labute approximate surface area is 108 Å². The fourth-order valence-corrected chi connectivity index (χ4v) is 3.34. The molecule has 90 valence electrons. The van der Waals surface area contributed by atoms with E-state index in [0.29, 0.717) is 11.9 Å². The van der Waals surface area contributed by atoms with E-state index in [1.807, 2.05) is 6.92 Å². The molecule has 2 heterocycles. The monoisotopic (exact) mass is 266 g/mol. The number of nitrogens with zero attached hydrogens (tertiary/aromatic N) is 3. The Balaban J connectivity index is 2.05. The van der Waals surface area contributed by atoms with Crippen LogP contribution in [-0.4, -0.2) is 22.4 Å². The molecule has 1 aliphatic rings. The predicted molar refractivity (Wildman–Crippen MR) is 73.8 cm³/mol. The Hall–Kier alpha value is -1.14. The number of aryl methyl sites for hydroxylation is 1. The second-order valence-corrected chi connectivity index (χ2v) is 6.16. The standard InChI is InChI=1S/C11H14N4S2/c1-6-13-8(5-16-6)9-10(12)14-17-11(9)15(2)7-3-4-7/h5,7H,3-4H2,1-2H3,(H2,12,14). The van der Waals surface area contributed by atoms with Crippen molar-refractivity contribution in [3.8, 4) is 11.3 Å². The van der Waals surface area contributed by atoms with E-state index in [1.54, 1.807) is 11.3 Å². The largest absolute Gasteiger partial charge is 0.382 e. The normalized spacial score (nSPS) is 15.2. The number of aromatic nitrogens is 2. The Morgan fingerprint density at radius 2 is 2.24 bits per heavy atom. The molecule has 1 aliphatic carbocycles. The van der Waals surface area contributed by atoms with Gasteiger partial charge in [-0.05, 0) is 31.3 Å². The van der Waals surface area contributed by atoms with Crippen LogP contribution in [0.2, 0.25) is 0 Å². The lowest BCUT2D eigenvalue weighted by molar-refractivity contribution is 0.929. The molecule has 2 N–H and O–H groups in total. The average molecular weight is 266 g/mol. The Kier molecular flexibility index (Phi) is 2.56. The number of thiazole rings is 1. The first-order valence-corrected chi connectivity index (χ1v) is 7.22. The van der Waals surface area contributed by atoms with Crippen LogP contribution in [0.15, 0.2) is 5.38 Å². The van der Waals surface area contributed by atoms with E-state index < -0.39 is 0 Å². The molecule has 0 amide bonds. The molecule has 0 saturated heterocycles. The third-order valence-corrected chi connectivity index (χ3v) is 4.72. The first-order chi connectivity index (χ1) is 8.16. The van der Waals surface area contributed by atoms with Gasteiger partial charge in [0.1, 0.15) is 10.8 Å². The summed E-state index contributed by atoms with van der Waals surface area (Å²) < 4.78 is 4.28. The van der Waals surface area contributed by atoms with Crippen LogP contribution in [0.1, 0.15) is 17.8 Å². The van der Waals surface area contributed by atoms with Crippen LogP contribution >= 0.6 is 22.9 Å². The molecule has 4 nitrogen and oxygen atoms in total. The first kappa shape index (κ1) is 11.0. The van der Waals surface area contributed by atoms with Gasteiger partial charge in [0.05, 0.1) is 16.3 Å². The Bertz CT molecular complexity index is 541. The van der Waals surface area contributed by atoms with Crippen LogP contribution in [0.4, 0.5) is 10.8 Å². The third kappa shape index (κ3) is 1.91. The van der Waals surface area contributed by atoms with E-state index in [2.05, 4.69) is 26.7 Å². The molecule has 6 heteroatoms. The van der Waals surface area contributed by atoms with E-state index in [-0.39, 0.29) is 0 Å². The first-order valence-electron chi connectivity index (χ1n) is 5.57. The summed E-state index contributed by atoms with van der Waals surface area (Å²) in [6.45, 7) is 2.01. The molecule has 0 spiro atoms. The second kappa shape index (κ2) is 3.96. The van der Waals surface area contributed by atoms with Gasteiger partial charge in [0.15, 0.2) is 0 Å². The molecular formula is C11H14N4S2. The van der Waals surface area contributed by atoms with Gasteiger partial charge >= 0.3 is 0 Å². The summed E-state index contributed by atoms with van der Waals surface area (Å²) in [4.78, 5) is 6.81. The Morgan fingerprint density at radius 1 is 1.47 bits per heavy atom. The zero-order chi connectivity index (χ0) is 12.0. The molecule has 0 bridgehead atoms. The summed E-state index contributed by atoms with van der Waals surface area (Å²) in [5.41, 5.74) is 7.95. The lowest BCUT2D eigenvalue weighted by atomic mass is 10.2. The molecule has 0 unspecified atom stereocenters. The van der Waals surface area contributed by atoms with Gasteiger partial charge in [-0.1, -0.05) is 0 Å². The van der Waals surface area contributed by atoms with Crippen molar-refractivity contribution in [2.24, 2.45) is 0 Å².